The van der Waals surface area contributed by atoms with E-state index in [9.17, 15) is 14.0 Å². The normalized spacial score (nSPS) is 20.8. The summed E-state index contributed by atoms with van der Waals surface area (Å²) in [5.41, 5.74) is 6.85. The van der Waals surface area contributed by atoms with Crippen LogP contribution in [0.2, 0.25) is 0 Å². The lowest BCUT2D eigenvalue weighted by Crippen LogP contribution is -2.31. The molecule has 1 aromatic carbocycles. The van der Waals surface area contributed by atoms with E-state index in [1.165, 1.54) is 29.8 Å². The number of primary amides is 1. The van der Waals surface area contributed by atoms with Crippen molar-refractivity contribution in [3.05, 3.63) is 40.8 Å². The average molecular weight is 398 g/mol. The number of carbonyl (C=O) groups is 2. The van der Waals surface area contributed by atoms with Crippen molar-refractivity contribution in [1.29, 1.82) is 0 Å². The molecule has 1 amide bonds. The fourth-order valence-electron chi connectivity index (χ4n) is 4.03. The first kappa shape index (κ1) is 17.1. The van der Waals surface area contributed by atoms with Crippen LogP contribution in [0.15, 0.2) is 24.5 Å². The summed E-state index contributed by atoms with van der Waals surface area (Å²) in [6, 6.07) is 4.17. The van der Waals surface area contributed by atoms with Crippen molar-refractivity contribution in [2.45, 2.75) is 31.3 Å². The molecular formula is C19H15FN4O3S. The van der Waals surface area contributed by atoms with Crippen LogP contribution in [0, 0.1) is 5.82 Å². The summed E-state index contributed by atoms with van der Waals surface area (Å²) in [7, 11) is 0. The van der Waals surface area contributed by atoms with E-state index in [1.807, 2.05) is 0 Å². The standard InChI is InChI=1S/C19H15FN4O3S/c20-9-1-2-12-13(5-9)27-11-4-8(3-10(25)6-11)14-15-18(24-12)22-7-23-19(15)28-16(14)17(21)26/h1-2,5,7-8,11H,3-4,6H2,(H2,21,26)(H,22,23,24). The van der Waals surface area contributed by atoms with Gasteiger partial charge in [-0.25, -0.2) is 14.4 Å². The number of nitrogens with two attached hydrogens (primary N) is 1. The van der Waals surface area contributed by atoms with Crippen LogP contribution >= 0.6 is 11.3 Å². The lowest BCUT2D eigenvalue weighted by Gasteiger charge is -2.31. The maximum atomic E-state index is 13.8. The van der Waals surface area contributed by atoms with E-state index in [-0.39, 0.29) is 24.5 Å². The first-order valence-corrected chi connectivity index (χ1v) is 9.63. The Morgan fingerprint density at radius 3 is 3.00 bits per heavy atom. The molecule has 2 aliphatic rings. The van der Waals surface area contributed by atoms with Crippen LogP contribution in [-0.2, 0) is 4.79 Å². The van der Waals surface area contributed by atoms with Crippen LogP contribution in [0.4, 0.5) is 15.9 Å². The number of amides is 1. The summed E-state index contributed by atoms with van der Waals surface area (Å²) in [5.74, 6) is -0.420. The lowest BCUT2D eigenvalue weighted by molar-refractivity contribution is -0.123. The Morgan fingerprint density at radius 2 is 2.18 bits per heavy atom. The summed E-state index contributed by atoms with van der Waals surface area (Å²) < 4.78 is 19.8. The highest BCUT2D eigenvalue weighted by Gasteiger charge is 2.36. The number of Topliss-reactive ketones (excluding diaryl/α,β-unsaturated/α-hetero) is 1. The number of benzene rings is 1. The van der Waals surface area contributed by atoms with Gasteiger partial charge in [0.1, 0.15) is 40.4 Å². The van der Waals surface area contributed by atoms with Gasteiger partial charge in [-0.3, -0.25) is 9.59 Å². The molecule has 142 valence electrons. The van der Waals surface area contributed by atoms with Gasteiger partial charge in [0.25, 0.3) is 5.91 Å². The zero-order valence-corrected chi connectivity index (χ0v) is 15.4. The number of ether oxygens (including phenoxy) is 1. The number of halogens is 1. The van der Waals surface area contributed by atoms with Gasteiger partial charge < -0.3 is 15.8 Å². The zero-order valence-electron chi connectivity index (χ0n) is 14.6. The number of anilines is 2. The van der Waals surface area contributed by atoms with E-state index in [0.717, 1.165) is 0 Å². The molecule has 1 saturated carbocycles. The molecule has 0 saturated heterocycles. The minimum absolute atomic E-state index is 0.0286. The molecule has 9 heteroatoms. The maximum absolute atomic E-state index is 13.8. The summed E-state index contributed by atoms with van der Waals surface area (Å²) in [6.07, 6.45) is 2.01. The smallest absolute Gasteiger partial charge is 0.259 e. The molecule has 1 fully saturated rings. The third kappa shape index (κ3) is 2.70. The monoisotopic (exact) mass is 398 g/mol. The third-order valence-corrected chi connectivity index (χ3v) is 6.25. The minimum atomic E-state index is -0.557. The highest BCUT2D eigenvalue weighted by atomic mass is 32.1. The SMILES string of the molecule is NC(=O)c1sc2ncnc3c2c1C1CC(=O)CC(C1)Oc1cc(F)ccc1N3. The number of aromatic nitrogens is 2. The molecule has 28 heavy (non-hydrogen) atoms. The van der Waals surface area contributed by atoms with Gasteiger partial charge in [0, 0.05) is 18.9 Å². The van der Waals surface area contributed by atoms with Gasteiger partial charge >= 0.3 is 0 Å². The van der Waals surface area contributed by atoms with Crippen LogP contribution in [0.25, 0.3) is 10.2 Å². The van der Waals surface area contributed by atoms with Crippen LogP contribution in [0.3, 0.4) is 0 Å². The maximum Gasteiger partial charge on any atom is 0.259 e. The highest BCUT2D eigenvalue weighted by molar-refractivity contribution is 7.20. The largest absolute Gasteiger partial charge is 0.488 e. The number of rotatable bonds is 1. The number of hydrogen-bond donors (Lipinski definition) is 2. The molecule has 2 unspecified atom stereocenters. The van der Waals surface area contributed by atoms with Crippen molar-refractivity contribution in [3.63, 3.8) is 0 Å². The van der Waals surface area contributed by atoms with Gasteiger partial charge in [-0.15, -0.1) is 11.3 Å². The number of nitrogens with one attached hydrogen (secondary N) is 1. The van der Waals surface area contributed by atoms with Gasteiger partial charge in [-0.1, -0.05) is 0 Å². The third-order valence-electron chi connectivity index (χ3n) is 5.12. The Labute approximate surface area is 162 Å². The van der Waals surface area contributed by atoms with Crippen LogP contribution in [-0.4, -0.2) is 27.8 Å². The van der Waals surface area contributed by atoms with Crippen molar-refractivity contribution in [1.82, 2.24) is 9.97 Å². The Kier molecular flexibility index (Phi) is 3.80. The van der Waals surface area contributed by atoms with Crippen LogP contribution < -0.4 is 15.8 Å². The van der Waals surface area contributed by atoms with Crippen LogP contribution in [0.5, 0.6) is 5.75 Å². The molecule has 3 aromatic rings. The Balaban J connectivity index is 1.81. The molecule has 2 atom stereocenters. The fourth-order valence-corrected chi connectivity index (χ4v) is 5.11. The molecule has 1 aliphatic heterocycles. The molecule has 0 radical (unpaired) electrons. The number of nitrogens with zero attached hydrogens (tertiary/aromatic N) is 2. The highest BCUT2D eigenvalue weighted by Crippen LogP contribution is 2.46. The number of thiophene rings is 1. The van der Waals surface area contributed by atoms with Gasteiger partial charge in [0.05, 0.1) is 16.0 Å². The molecule has 3 N–H and O–H groups in total. The Bertz CT molecular complexity index is 1150. The van der Waals surface area contributed by atoms with Crippen molar-refractivity contribution >= 4 is 44.7 Å². The molecule has 7 nitrogen and oxygen atoms in total. The molecular weight excluding hydrogens is 383 g/mol. The fraction of sp³-hybridized carbons (Fsp3) is 0.263. The van der Waals surface area contributed by atoms with Gasteiger partial charge in [0.2, 0.25) is 0 Å². The lowest BCUT2D eigenvalue weighted by atomic mass is 9.80. The van der Waals surface area contributed by atoms with Crippen molar-refractivity contribution < 1.29 is 18.7 Å². The van der Waals surface area contributed by atoms with E-state index in [2.05, 4.69) is 15.3 Å². The van der Waals surface area contributed by atoms with E-state index in [0.29, 0.717) is 44.3 Å². The first-order chi connectivity index (χ1) is 13.5. The summed E-state index contributed by atoms with van der Waals surface area (Å²) >= 11 is 1.19. The van der Waals surface area contributed by atoms with E-state index >= 15 is 0 Å². The second-order valence-electron chi connectivity index (χ2n) is 7.00. The predicted molar refractivity (Wildman–Crippen MR) is 102 cm³/mol. The van der Waals surface area contributed by atoms with Crippen LogP contribution in [0.1, 0.15) is 40.4 Å². The Morgan fingerprint density at radius 1 is 1.32 bits per heavy atom. The van der Waals surface area contributed by atoms with E-state index < -0.39 is 17.8 Å². The molecule has 2 aromatic heterocycles. The van der Waals surface area contributed by atoms with Crippen molar-refractivity contribution in [2.24, 2.45) is 5.73 Å². The van der Waals surface area contributed by atoms with Gasteiger partial charge in [0.15, 0.2) is 0 Å². The second kappa shape index (κ2) is 6.23. The van der Waals surface area contributed by atoms with Gasteiger partial charge in [-0.05, 0) is 30.0 Å². The number of fused-ring (bicyclic) bond motifs is 4. The molecule has 5 rings (SSSR count). The number of carbonyl (C=O) groups excluding carboxylic acids is 2. The molecule has 1 aliphatic carbocycles. The average Bonchev–Trinajstić information content (AvgIpc) is 3.04. The molecule has 3 heterocycles. The van der Waals surface area contributed by atoms with E-state index in [4.69, 9.17) is 10.5 Å². The minimum Gasteiger partial charge on any atom is -0.488 e. The predicted octanol–water partition coefficient (Wildman–Crippen LogP) is 3.27. The van der Waals surface area contributed by atoms with Crippen molar-refractivity contribution in [3.8, 4) is 5.75 Å². The zero-order chi connectivity index (χ0) is 19.4. The summed E-state index contributed by atoms with van der Waals surface area (Å²) in [6.45, 7) is 0. The quantitative estimate of drug-likeness (QED) is 0.651. The summed E-state index contributed by atoms with van der Waals surface area (Å²) in [5, 5.41) is 3.86. The summed E-state index contributed by atoms with van der Waals surface area (Å²) in [4.78, 5) is 34.2. The van der Waals surface area contributed by atoms with Crippen molar-refractivity contribution in [2.75, 3.05) is 5.32 Å². The van der Waals surface area contributed by atoms with Gasteiger partial charge in [-0.2, -0.15) is 0 Å². The molecule has 0 spiro atoms. The topological polar surface area (TPSA) is 107 Å². The van der Waals surface area contributed by atoms with E-state index in [1.54, 1.807) is 6.07 Å². The number of hydrogen-bond acceptors (Lipinski definition) is 7. The molecule has 2 bridgehead atoms. The second-order valence-corrected chi connectivity index (χ2v) is 8.00. The first-order valence-electron chi connectivity index (χ1n) is 8.81. The number of ketones is 1. The Hall–Kier alpha value is -3.07.